The van der Waals surface area contributed by atoms with E-state index in [1.165, 1.54) is 12.1 Å². The van der Waals surface area contributed by atoms with Crippen LogP contribution in [0.4, 0.5) is 5.69 Å². The molecule has 18 heavy (non-hydrogen) atoms. The standard InChI is InChI=1S/C11H13ClN2O3.ClH/c1-2-3-4-8(13)10-9(14(16)17)6-5-7(12)11(10)15;/h2,5-6,8,15H,1,3-4,13H2;1H/t8-;/m1./s1. The number of nitrogens with two attached hydrogens (primary N) is 1. The van der Waals surface area contributed by atoms with Gasteiger partial charge in [-0.15, -0.1) is 19.0 Å². The summed E-state index contributed by atoms with van der Waals surface area (Å²) in [4.78, 5) is 10.3. The highest BCUT2D eigenvalue weighted by Crippen LogP contribution is 2.38. The third kappa shape index (κ3) is 3.60. The fraction of sp³-hybridized carbons (Fsp3) is 0.273. The molecule has 0 radical (unpaired) electrons. The van der Waals surface area contributed by atoms with Crippen LogP contribution in [0.1, 0.15) is 24.4 Å². The summed E-state index contributed by atoms with van der Waals surface area (Å²) in [6, 6.07) is 1.87. The van der Waals surface area contributed by atoms with Gasteiger partial charge in [-0.1, -0.05) is 17.7 Å². The van der Waals surface area contributed by atoms with Crippen LogP contribution >= 0.6 is 24.0 Å². The Hall–Kier alpha value is -1.30. The number of phenols is 1. The summed E-state index contributed by atoms with van der Waals surface area (Å²) in [6.45, 7) is 3.55. The van der Waals surface area contributed by atoms with E-state index in [1.54, 1.807) is 6.08 Å². The molecule has 0 unspecified atom stereocenters. The van der Waals surface area contributed by atoms with Crippen molar-refractivity contribution in [2.24, 2.45) is 5.73 Å². The van der Waals surface area contributed by atoms with Crippen molar-refractivity contribution in [2.75, 3.05) is 0 Å². The van der Waals surface area contributed by atoms with Gasteiger partial charge in [0.05, 0.1) is 15.5 Å². The van der Waals surface area contributed by atoms with Crippen LogP contribution in [-0.2, 0) is 0 Å². The summed E-state index contributed by atoms with van der Waals surface area (Å²) < 4.78 is 0. The van der Waals surface area contributed by atoms with Crippen LogP contribution in [0.15, 0.2) is 24.8 Å². The van der Waals surface area contributed by atoms with Crippen molar-refractivity contribution < 1.29 is 10.0 Å². The first-order valence-electron chi connectivity index (χ1n) is 5.01. The van der Waals surface area contributed by atoms with Gasteiger partial charge in [-0.3, -0.25) is 10.1 Å². The Morgan fingerprint density at radius 1 is 1.61 bits per heavy atom. The van der Waals surface area contributed by atoms with Crippen molar-refractivity contribution in [2.45, 2.75) is 18.9 Å². The van der Waals surface area contributed by atoms with Crippen LogP contribution < -0.4 is 5.73 Å². The molecule has 0 amide bonds. The van der Waals surface area contributed by atoms with Gasteiger partial charge in [-0.05, 0) is 18.9 Å². The third-order valence-corrected chi connectivity index (χ3v) is 2.70. The molecule has 5 nitrogen and oxygen atoms in total. The Balaban J connectivity index is 0.00000289. The van der Waals surface area contributed by atoms with Crippen molar-refractivity contribution in [3.8, 4) is 5.75 Å². The largest absolute Gasteiger partial charge is 0.506 e. The number of phenolic OH excluding ortho intramolecular Hbond substituents is 1. The van der Waals surface area contributed by atoms with E-state index in [4.69, 9.17) is 17.3 Å². The van der Waals surface area contributed by atoms with Crippen LogP contribution in [0.25, 0.3) is 0 Å². The highest BCUT2D eigenvalue weighted by atomic mass is 35.5. The van der Waals surface area contributed by atoms with E-state index in [2.05, 4.69) is 6.58 Å². The monoisotopic (exact) mass is 292 g/mol. The van der Waals surface area contributed by atoms with E-state index in [1.807, 2.05) is 0 Å². The number of rotatable bonds is 5. The Kier molecular flexibility index (Phi) is 6.68. The smallest absolute Gasteiger partial charge is 0.277 e. The lowest BCUT2D eigenvalue weighted by atomic mass is 10.00. The molecule has 0 aromatic heterocycles. The topological polar surface area (TPSA) is 89.4 Å². The number of hydrogen-bond acceptors (Lipinski definition) is 4. The first-order valence-corrected chi connectivity index (χ1v) is 5.39. The fourth-order valence-corrected chi connectivity index (χ4v) is 1.70. The normalized spacial score (nSPS) is 11.4. The van der Waals surface area contributed by atoms with Crippen molar-refractivity contribution in [3.05, 3.63) is 45.5 Å². The van der Waals surface area contributed by atoms with Gasteiger partial charge >= 0.3 is 0 Å². The average Bonchev–Trinajstić information content (AvgIpc) is 2.28. The van der Waals surface area contributed by atoms with E-state index < -0.39 is 11.0 Å². The molecule has 7 heteroatoms. The zero-order chi connectivity index (χ0) is 13.0. The molecule has 1 atom stereocenters. The second kappa shape index (κ2) is 7.20. The minimum atomic E-state index is -0.646. The van der Waals surface area contributed by atoms with Gasteiger partial charge < -0.3 is 10.8 Å². The minimum Gasteiger partial charge on any atom is -0.506 e. The maximum atomic E-state index is 10.8. The van der Waals surface area contributed by atoms with Crippen molar-refractivity contribution in [1.29, 1.82) is 0 Å². The molecule has 3 N–H and O–H groups in total. The predicted octanol–water partition coefficient (Wildman–Crippen LogP) is 3.34. The highest BCUT2D eigenvalue weighted by molar-refractivity contribution is 6.32. The van der Waals surface area contributed by atoms with E-state index in [0.717, 1.165) is 0 Å². The molecule has 0 aliphatic heterocycles. The lowest BCUT2D eigenvalue weighted by Gasteiger charge is -2.13. The van der Waals surface area contributed by atoms with Gasteiger partial charge in [0.25, 0.3) is 5.69 Å². The first-order chi connectivity index (χ1) is 7.99. The van der Waals surface area contributed by atoms with Crippen molar-refractivity contribution in [3.63, 3.8) is 0 Å². The summed E-state index contributed by atoms with van der Waals surface area (Å²) in [5, 5.41) is 20.6. The zero-order valence-electron chi connectivity index (χ0n) is 9.51. The molecule has 0 heterocycles. The van der Waals surface area contributed by atoms with Crippen LogP contribution in [-0.4, -0.2) is 10.0 Å². The van der Waals surface area contributed by atoms with E-state index >= 15 is 0 Å². The Morgan fingerprint density at radius 2 is 2.22 bits per heavy atom. The first kappa shape index (κ1) is 16.7. The fourth-order valence-electron chi connectivity index (χ4n) is 1.54. The molecule has 0 fully saturated rings. The van der Waals surface area contributed by atoms with Crippen LogP contribution in [0, 0.1) is 10.1 Å². The number of halogens is 2. The summed E-state index contributed by atoms with van der Waals surface area (Å²) in [5.74, 6) is -0.322. The molecule has 1 aromatic carbocycles. The number of nitro groups is 1. The third-order valence-electron chi connectivity index (χ3n) is 2.39. The van der Waals surface area contributed by atoms with Crippen LogP contribution in [0.5, 0.6) is 5.75 Å². The van der Waals surface area contributed by atoms with Crippen LogP contribution in [0.2, 0.25) is 5.02 Å². The van der Waals surface area contributed by atoms with E-state index in [9.17, 15) is 15.2 Å². The maximum absolute atomic E-state index is 10.8. The quantitative estimate of drug-likeness (QED) is 0.495. The summed E-state index contributed by atoms with van der Waals surface area (Å²) in [6.07, 6.45) is 2.72. The summed E-state index contributed by atoms with van der Waals surface area (Å²) in [7, 11) is 0. The SMILES string of the molecule is C=CCC[C@@H](N)c1c([N+](=O)[O-])ccc(Cl)c1O.Cl. The lowest BCUT2D eigenvalue weighted by molar-refractivity contribution is -0.385. The average molecular weight is 293 g/mol. The van der Waals surface area contributed by atoms with Crippen molar-refractivity contribution >= 4 is 29.7 Å². The highest BCUT2D eigenvalue weighted by Gasteiger charge is 2.24. The van der Waals surface area contributed by atoms with E-state index in [0.29, 0.717) is 12.8 Å². The number of allylic oxidation sites excluding steroid dienone is 1. The molecule has 0 spiro atoms. The van der Waals surface area contributed by atoms with Gasteiger partial charge in [0, 0.05) is 12.1 Å². The van der Waals surface area contributed by atoms with Gasteiger partial charge in [0.1, 0.15) is 5.75 Å². The maximum Gasteiger partial charge on any atom is 0.277 e. The molecule has 1 rings (SSSR count). The minimum absolute atomic E-state index is 0. The molecular formula is C11H14Cl2N2O3. The number of aromatic hydroxyl groups is 1. The second-order valence-electron chi connectivity index (χ2n) is 3.56. The molecular weight excluding hydrogens is 279 g/mol. The summed E-state index contributed by atoms with van der Waals surface area (Å²) in [5.41, 5.74) is 5.67. The van der Waals surface area contributed by atoms with Gasteiger partial charge in [0.15, 0.2) is 0 Å². The molecule has 1 aromatic rings. The van der Waals surface area contributed by atoms with Gasteiger partial charge in [0.2, 0.25) is 0 Å². The molecule has 0 aliphatic rings. The Morgan fingerprint density at radius 3 is 2.72 bits per heavy atom. The molecule has 0 aliphatic carbocycles. The summed E-state index contributed by atoms with van der Waals surface area (Å²) >= 11 is 5.72. The second-order valence-corrected chi connectivity index (χ2v) is 3.97. The number of nitrogens with zero attached hydrogens (tertiary/aromatic N) is 1. The predicted molar refractivity (Wildman–Crippen MR) is 73.4 cm³/mol. The number of benzene rings is 1. The Labute approximate surface area is 116 Å². The molecule has 0 saturated heterocycles. The lowest BCUT2D eigenvalue weighted by Crippen LogP contribution is -2.12. The Bertz CT molecular complexity index is 452. The zero-order valence-corrected chi connectivity index (χ0v) is 11.1. The van der Waals surface area contributed by atoms with Gasteiger partial charge in [-0.25, -0.2) is 0 Å². The number of nitro benzene ring substituents is 1. The number of hydrogen-bond donors (Lipinski definition) is 2. The van der Waals surface area contributed by atoms with E-state index in [-0.39, 0.29) is 34.4 Å². The van der Waals surface area contributed by atoms with Crippen LogP contribution in [0.3, 0.4) is 0 Å². The van der Waals surface area contributed by atoms with Crippen molar-refractivity contribution in [1.82, 2.24) is 0 Å². The molecule has 0 bridgehead atoms. The molecule has 0 saturated carbocycles. The van der Waals surface area contributed by atoms with Gasteiger partial charge in [-0.2, -0.15) is 0 Å². The molecule has 100 valence electrons.